The maximum absolute atomic E-state index is 13.5. The molecule has 206 valence electrons. The van der Waals surface area contributed by atoms with Crippen LogP contribution >= 0.6 is 11.6 Å². The van der Waals surface area contributed by atoms with Crippen LogP contribution in [0.5, 0.6) is 5.75 Å². The summed E-state index contributed by atoms with van der Waals surface area (Å²) in [6, 6.07) is 5.01. The van der Waals surface area contributed by atoms with E-state index in [0.717, 1.165) is 22.3 Å². The van der Waals surface area contributed by atoms with Gasteiger partial charge in [-0.1, -0.05) is 17.7 Å². The number of amides is 1. The molecule has 0 bridgehead atoms. The number of carbonyl (C=O) groups excluding carboxylic acids is 1. The zero-order valence-corrected chi connectivity index (χ0v) is 23.5. The summed E-state index contributed by atoms with van der Waals surface area (Å²) in [4.78, 5) is 36.0. The minimum atomic E-state index is -0.368. The molecule has 1 atom stereocenters. The second kappa shape index (κ2) is 10.5. The Labute approximate surface area is 235 Å². The molecule has 1 unspecified atom stereocenters. The number of fused-ring (bicyclic) bond motifs is 1. The molecule has 0 radical (unpaired) electrons. The lowest BCUT2D eigenvalue weighted by Crippen LogP contribution is -2.33. The number of hydrogen-bond acceptors (Lipinski definition) is 8. The van der Waals surface area contributed by atoms with Crippen molar-refractivity contribution < 1.29 is 9.53 Å². The third-order valence-corrected chi connectivity index (χ3v) is 7.44. The first-order valence-electron chi connectivity index (χ1n) is 12.5. The Morgan fingerprint density at radius 1 is 1.23 bits per heavy atom. The lowest BCUT2D eigenvalue weighted by Gasteiger charge is -2.28. The van der Waals surface area contributed by atoms with Gasteiger partial charge in [-0.2, -0.15) is 5.10 Å². The molecule has 4 N–H and O–H groups in total. The zero-order chi connectivity index (χ0) is 28.7. The predicted octanol–water partition coefficient (Wildman–Crippen LogP) is 3.67. The summed E-state index contributed by atoms with van der Waals surface area (Å²) in [5, 5.41) is 10.5. The highest BCUT2D eigenvalue weighted by Crippen LogP contribution is 2.43. The van der Waals surface area contributed by atoms with Crippen molar-refractivity contribution in [2.24, 2.45) is 10.7 Å². The van der Waals surface area contributed by atoms with Gasteiger partial charge in [-0.15, -0.1) is 0 Å². The van der Waals surface area contributed by atoms with Gasteiger partial charge in [0.05, 0.1) is 19.3 Å². The molecule has 12 heteroatoms. The Morgan fingerprint density at radius 2 is 2.00 bits per heavy atom. The standard InChI is InChI=1S/C28H29ClN8O3/c1-14-20(29)8-18(25(40-5)22(14)16-6-7-21(31-9-16)28(39)36(3)4)15(2)37-12-19(17-10-34-35-11-17)24(38)23-26(30)32-13-33-27(23)37/h6-12,15,33H,13H2,1-5H3,(H2,30,32)(H,34,35). The van der Waals surface area contributed by atoms with Gasteiger partial charge in [0.1, 0.15) is 35.3 Å². The molecule has 4 aromatic rings. The van der Waals surface area contributed by atoms with Crippen LogP contribution in [-0.4, -0.2) is 64.3 Å². The Kier molecular flexibility index (Phi) is 7.07. The van der Waals surface area contributed by atoms with Crippen LogP contribution in [0.3, 0.4) is 0 Å². The number of methoxy groups -OCH3 is 1. The average molecular weight is 561 g/mol. The molecule has 1 aliphatic heterocycles. The average Bonchev–Trinajstić information content (AvgIpc) is 3.48. The minimum absolute atomic E-state index is 0.165. The number of ether oxygens (including phenoxy) is 1. The van der Waals surface area contributed by atoms with Gasteiger partial charge < -0.3 is 25.3 Å². The first-order chi connectivity index (χ1) is 19.1. The number of nitrogens with zero attached hydrogens (tertiary/aromatic N) is 5. The molecule has 0 saturated carbocycles. The number of nitrogens with two attached hydrogens (primary N) is 1. The van der Waals surface area contributed by atoms with Crippen LogP contribution in [0, 0.1) is 6.92 Å². The number of rotatable bonds is 6. The van der Waals surface area contributed by atoms with E-state index in [9.17, 15) is 9.59 Å². The van der Waals surface area contributed by atoms with Crippen molar-refractivity contribution in [3.8, 4) is 28.0 Å². The number of benzene rings is 1. The number of aromatic nitrogens is 4. The highest BCUT2D eigenvalue weighted by atomic mass is 35.5. The van der Waals surface area contributed by atoms with E-state index in [1.807, 2.05) is 30.5 Å². The van der Waals surface area contributed by atoms with Crippen LogP contribution < -0.4 is 21.2 Å². The molecule has 40 heavy (non-hydrogen) atoms. The van der Waals surface area contributed by atoms with Crippen LogP contribution in [0.1, 0.15) is 40.1 Å². The van der Waals surface area contributed by atoms with Gasteiger partial charge in [0.2, 0.25) is 5.43 Å². The molecule has 1 aliphatic rings. The van der Waals surface area contributed by atoms with Crippen molar-refractivity contribution in [3.05, 3.63) is 80.6 Å². The second-order valence-corrected chi connectivity index (χ2v) is 10.1. The predicted molar refractivity (Wildman–Crippen MR) is 155 cm³/mol. The lowest BCUT2D eigenvalue weighted by atomic mass is 9.94. The normalized spacial score (nSPS) is 13.2. The number of aromatic amines is 1. The van der Waals surface area contributed by atoms with Crippen LogP contribution in [0.15, 0.2) is 52.8 Å². The molecule has 3 aromatic heterocycles. The first kappa shape index (κ1) is 26.9. The number of pyridine rings is 2. The minimum Gasteiger partial charge on any atom is -0.496 e. The zero-order valence-electron chi connectivity index (χ0n) is 22.7. The summed E-state index contributed by atoms with van der Waals surface area (Å²) >= 11 is 6.79. The van der Waals surface area contributed by atoms with Crippen molar-refractivity contribution in [3.63, 3.8) is 0 Å². The molecule has 5 rings (SSSR count). The van der Waals surface area contributed by atoms with E-state index in [2.05, 4.69) is 25.5 Å². The Morgan fingerprint density at radius 3 is 2.62 bits per heavy atom. The van der Waals surface area contributed by atoms with Gasteiger partial charge in [-0.05, 0) is 31.5 Å². The SMILES string of the molecule is COc1c(C(C)n2cc(-c3cn[nH]c3)c(=O)c3c2NCN=C3N)cc(Cl)c(C)c1-c1ccc(C(=O)N(C)C)nc1. The number of aliphatic imine (C=N–C) groups is 1. The summed E-state index contributed by atoms with van der Waals surface area (Å²) in [5.41, 5.74) is 10.7. The summed E-state index contributed by atoms with van der Waals surface area (Å²) in [6.07, 6.45) is 6.66. The van der Waals surface area contributed by atoms with Gasteiger partial charge >= 0.3 is 0 Å². The van der Waals surface area contributed by atoms with Gasteiger partial charge in [0.25, 0.3) is 5.91 Å². The third-order valence-electron chi connectivity index (χ3n) is 7.05. The van der Waals surface area contributed by atoms with Gasteiger partial charge in [-0.25, -0.2) is 4.99 Å². The quantitative estimate of drug-likeness (QED) is 0.326. The van der Waals surface area contributed by atoms with Gasteiger partial charge in [0.15, 0.2) is 0 Å². The van der Waals surface area contributed by atoms with E-state index in [1.54, 1.807) is 52.1 Å². The molecule has 0 fully saturated rings. The molecular formula is C28H29ClN8O3. The van der Waals surface area contributed by atoms with Gasteiger partial charge in [0, 0.05) is 65.5 Å². The van der Waals surface area contributed by atoms with E-state index in [0.29, 0.717) is 39.0 Å². The van der Waals surface area contributed by atoms with Crippen molar-refractivity contribution in [2.45, 2.75) is 19.9 Å². The Balaban J connectivity index is 1.71. The molecule has 0 spiro atoms. The first-order valence-corrected chi connectivity index (χ1v) is 12.9. The van der Waals surface area contributed by atoms with Crippen molar-refractivity contribution in [1.82, 2.24) is 24.6 Å². The van der Waals surface area contributed by atoms with E-state index in [4.69, 9.17) is 22.1 Å². The maximum Gasteiger partial charge on any atom is 0.271 e. The summed E-state index contributed by atoms with van der Waals surface area (Å²) < 4.78 is 7.93. The van der Waals surface area contributed by atoms with E-state index in [1.165, 1.54) is 4.90 Å². The van der Waals surface area contributed by atoms with E-state index in [-0.39, 0.29) is 29.9 Å². The summed E-state index contributed by atoms with van der Waals surface area (Å²) in [5.74, 6) is 1.11. The fourth-order valence-corrected chi connectivity index (χ4v) is 5.12. The largest absolute Gasteiger partial charge is 0.496 e. The van der Waals surface area contributed by atoms with E-state index < -0.39 is 0 Å². The van der Waals surface area contributed by atoms with Crippen LogP contribution in [0.2, 0.25) is 5.02 Å². The van der Waals surface area contributed by atoms with Crippen molar-refractivity contribution in [2.75, 3.05) is 33.2 Å². The van der Waals surface area contributed by atoms with Crippen LogP contribution in [-0.2, 0) is 0 Å². The van der Waals surface area contributed by atoms with Gasteiger partial charge in [-0.3, -0.25) is 19.7 Å². The summed E-state index contributed by atoms with van der Waals surface area (Å²) in [7, 11) is 4.95. The molecule has 4 heterocycles. The number of nitrogens with one attached hydrogen (secondary N) is 2. The number of hydrogen-bond donors (Lipinski definition) is 3. The van der Waals surface area contributed by atoms with E-state index >= 15 is 0 Å². The Hall–Kier alpha value is -4.64. The lowest BCUT2D eigenvalue weighted by molar-refractivity contribution is 0.0822. The molecule has 0 saturated heterocycles. The topological polar surface area (TPSA) is 144 Å². The molecular weight excluding hydrogens is 532 g/mol. The number of amidine groups is 1. The maximum atomic E-state index is 13.5. The number of anilines is 1. The second-order valence-electron chi connectivity index (χ2n) is 9.66. The molecule has 1 amide bonds. The molecule has 11 nitrogen and oxygen atoms in total. The smallest absolute Gasteiger partial charge is 0.271 e. The fraction of sp³-hybridized carbons (Fsp3) is 0.250. The monoisotopic (exact) mass is 560 g/mol. The van der Waals surface area contributed by atoms with Crippen LogP contribution in [0.4, 0.5) is 5.82 Å². The number of H-pyrrole nitrogens is 1. The Bertz CT molecular complexity index is 1690. The van der Waals surface area contributed by atoms with Crippen molar-refractivity contribution in [1.29, 1.82) is 0 Å². The molecule has 0 aliphatic carbocycles. The van der Waals surface area contributed by atoms with Crippen molar-refractivity contribution >= 4 is 29.2 Å². The fourth-order valence-electron chi connectivity index (χ4n) is 4.91. The number of halogens is 1. The highest BCUT2D eigenvalue weighted by Gasteiger charge is 2.28. The highest BCUT2D eigenvalue weighted by molar-refractivity contribution is 6.32. The summed E-state index contributed by atoms with van der Waals surface area (Å²) in [6.45, 7) is 4.12. The van der Waals surface area contributed by atoms with Crippen LogP contribution in [0.25, 0.3) is 22.3 Å². The third kappa shape index (κ3) is 4.47. The molecule has 1 aromatic carbocycles. The number of carbonyl (C=O) groups is 1.